The van der Waals surface area contributed by atoms with Gasteiger partial charge in [-0.15, -0.1) is 0 Å². The lowest BCUT2D eigenvalue weighted by Crippen LogP contribution is -2.33. The Morgan fingerprint density at radius 3 is 1.70 bits per heavy atom. The topological polar surface area (TPSA) is 334 Å². The van der Waals surface area contributed by atoms with Crippen LogP contribution in [-0.2, 0) is 63.4 Å². The Morgan fingerprint density at radius 2 is 1.17 bits per heavy atom. The highest BCUT2D eigenvalue weighted by atomic mass is 31.3. The fourth-order valence-electron chi connectivity index (χ4n) is 6.76. The number of aromatic amines is 1. The zero-order valence-electron chi connectivity index (χ0n) is 41.0. The molecule has 0 amide bonds. The molecule has 400 valence electrons. The number of esters is 1. The average molecular weight is 1060 g/mol. The first kappa shape index (κ1) is 63.0. The molecule has 1 aliphatic rings. The van der Waals surface area contributed by atoms with E-state index >= 15 is 0 Å². The summed E-state index contributed by atoms with van der Waals surface area (Å²) in [5.41, 5.74) is -0.534. The molecule has 3 unspecified atom stereocenters. The van der Waals surface area contributed by atoms with Gasteiger partial charge in [0.2, 0.25) is 0 Å². The number of unbranched alkanes of at least 4 members (excludes halogenated alkanes) is 14. The molecule has 0 saturated carbocycles. The fourth-order valence-corrected chi connectivity index (χ4v) is 10.8. The smallest absolute Gasteiger partial charge is 0.434 e. The van der Waals surface area contributed by atoms with E-state index in [0.717, 1.165) is 30.3 Å². The Bertz CT molecular complexity index is 2350. The van der Waals surface area contributed by atoms with E-state index < -0.39 is 79.0 Å². The van der Waals surface area contributed by atoms with Crippen molar-refractivity contribution < 1.29 is 74.2 Å². The average Bonchev–Trinajstić information content (AvgIpc) is 3.78. The van der Waals surface area contributed by atoms with Gasteiger partial charge in [0.15, 0.2) is 6.23 Å². The SMILES string of the molecule is CCCCCCCCCCCCCCCCOC(=O)Oc1ccc(COP(=O)(OCc2ccc(OC(=O)CCCC)cc2)OP(=O)(O)OP(=O)(O)OC[C@@H]2C=C[C@H](n3cc(C)c(=O)[nH]c3=O)O2)cc1.N.N. The van der Waals surface area contributed by atoms with Crippen molar-refractivity contribution >= 4 is 35.6 Å². The van der Waals surface area contributed by atoms with Gasteiger partial charge in [-0.05, 0) is 61.2 Å². The molecule has 0 bridgehead atoms. The van der Waals surface area contributed by atoms with Gasteiger partial charge in [0.25, 0.3) is 5.56 Å². The standard InChI is InChI=1S/C46H67N2O18P3.2H3N/c1-4-6-8-9-10-11-12-13-14-15-16-17-18-19-31-58-46(52)64-40-27-23-38(24-28-40)34-61-69(57,60-33-37-21-25-39(26-22-37)63-43(49)20-7-5-2)66-68(55,56)65-67(53,54)59-35-41-29-30-42(62-41)48-32-36(3)44(50)47-45(48)51;;/h21-30,32,41-42H,4-20,31,33-35H2,1-3H3,(H,53,54)(H,55,56)(H,47,50,51);2*1H3/t41-,42+,69?;;/m0../s1. The van der Waals surface area contributed by atoms with Crippen LogP contribution in [0.2, 0.25) is 0 Å². The Kier molecular flexibility index (Phi) is 29.2. The summed E-state index contributed by atoms with van der Waals surface area (Å²) in [4.78, 5) is 71.4. The maximum absolute atomic E-state index is 14.0. The molecule has 0 aliphatic carbocycles. The number of aryl methyl sites for hydroxylation is 1. The van der Waals surface area contributed by atoms with E-state index in [1.54, 1.807) is 0 Å². The van der Waals surface area contributed by atoms with Crippen molar-refractivity contribution in [1.82, 2.24) is 21.9 Å². The number of phosphoric acid groups is 3. The van der Waals surface area contributed by atoms with E-state index in [2.05, 4.69) is 16.2 Å². The zero-order valence-corrected chi connectivity index (χ0v) is 43.7. The first-order valence-corrected chi connectivity index (χ1v) is 27.9. The van der Waals surface area contributed by atoms with Crippen molar-refractivity contribution in [3.8, 4) is 11.5 Å². The van der Waals surface area contributed by atoms with Crippen molar-refractivity contribution in [3.05, 3.63) is 104 Å². The highest BCUT2D eigenvalue weighted by Crippen LogP contribution is 2.69. The molecule has 5 atom stereocenters. The summed E-state index contributed by atoms with van der Waals surface area (Å²) >= 11 is 0. The second-order valence-electron chi connectivity index (χ2n) is 16.5. The third-order valence-corrected chi connectivity index (χ3v) is 15.2. The quantitative estimate of drug-likeness (QED) is 0.00926. The van der Waals surface area contributed by atoms with Crippen molar-refractivity contribution in [3.63, 3.8) is 0 Å². The van der Waals surface area contributed by atoms with Crippen LogP contribution in [0.15, 0.2) is 76.5 Å². The van der Waals surface area contributed by atoms with Crippen LogP contribution in [0.3, 0.4) is 0 Å². The first-order valence-electron chi connectivity index (χ1n) is 23.5. The summed E-state index contributed by atoms with van der Waals surface area (Å²) < 4.78 is 87.2. The second kappa shape index (κ2) is 32.9. The maximum Gasteiger partial charge on any atom is 0.513 e. The van der Waals surface area contributed by atoms with Gasteiger partial charge in [-0.25, -0.2) is 23.3 Å². The molecule has 9 N–H and O–H groups in total. The van der Waals surface area contributed by atoms with Gasteiger partial charge in [-0.1, -0.05) is 134 Å². The van der Waals surface area contributed by atoms with Crippen LogP contribution in [0.5, 0.6) is 11.5 Å². The molecule has 25 heteroatoms. The Balaban J connectivity index is 0.00000864. The molecule has 22 nitrogen and oxygen atoms in total. The van der Waals surface area contributed by atoms with Gasteiger partial charge in [-0.2, -0.15) is 8.62 Å². The molecule has 1 aromatic heterocycles. The van der Waals surface area contributed by atoms with Gasteiger partial charge in [0.1, 0.15) is 17.6 Å². The van der Waals surface area contributed by atoms with E-state index in [1.165, 1.54) is 138 Å². The van der Waals surface area contributed by atoms with Crippen LogP contribution in [0.4, 0.5) is 4.79 Å². The van der Waals surface area contributed by atoms with E-state index in [4.69, 9.17) is 36.8 Å². The minimum atomic E-state index is -5.82. The summed E-state index contributed by atoms with van der Waals surface area (Å²) in [5.74, 6) is -0.0796. The fraction of sp³-hybridized carbons (Fsp3) is 0.565. The molecule has 0 spiro atoms. The maximum atomic E-state index is 14.0. The number of phosphoric ester groups is 2. The zero-order chi connectivity index (χ0) is 50.1. The highest BCUT2D eigenvalue weighted by molar-refractivity contribution is 7.67. The van der Waals surface area contributed by atoms with Gasteiger partial charge in [0.05, 0.1) is 26.4 Å². The molecule has 71 heavy (non-hydrogen) atoms. The van der Waals surface area contributed by atoms with Crippen LogP contribution >= 0.6 is 23.5 Å². The summed E-state index contributed by atoms with van der Waals surface area (Å²) in [7, 11) is -16.5. The number of nitrogens with zero attached hydrogens (tertiary/aromatic N) is 1. The van der Waals surface area contributed by atoms with Gasteiger partial charge in [0, 0.05) is 18.2 Å². The van der Waals surface area contributed by atoms with Crippen LogP contribution in [0.1, 0.15) is 146 Å². The Hall–Kier alpha value is -4.11. The van der Waals surface area contributed by atoms with E-state index in [1.807, 2.05) is 6.92 Å². The van der Waals surface area contributed by atoms with Crippen LogP contribution in [0.25, 0.3) is 0 Å². The lowest BCUT2D eigenvalue weighted by Gasteiger charge is -2.22. The molecular formula is C46H73N4O18P3. The third-order valence-electron chi connectivity index (χ3n) is 10.5. The molecular weight excluding hydrogens is 989 g/mol. The van der Waals surface area contributed by atoms with Crippen molar-refractivity contribution in [2.24, 2.45) is 0 Å². The number of carbonyl (C=O) groups excluding carboxylic acids is 2. The largest absolute Gasteiger partial charge is 0.513 e. The number of benzene rings is 2. The number of hydrogen-bond acceptors (Lipinski definition) is 18. The lowest BCUT2D eigenvalue weighted by molar-refractivity contribution is -0.134. The molecule has 1 aliphatic heterocycles. The number of ether oxygens (including phenoxy) is 4. The van der Waals surface area contributed by atoms with Crippen molar-refractivity contribution in [2.45, 2.75) is 155 Å². The number of aromatic nitrogens is 2. The summed E-state index contributed by atoms with van der Waals surface area (Å²) in [5, 5.41) is 0. The minimum absolute atomic E-state index is 0. The molecule has 4 rings (SSSR count). The predicted molar refractivity (Wildman–Crippen MR) is 264 cm³/mol. The van der Waals surface area contributed by atoms with Crippen molar-refractivity contribution in [1.29, 1.82) is 0 Å². The van der Waals surface area contributed by atoms with E-state index in [-0.39, 0.29) is 42.4 Å². The monoisotopic (exact) mass is 1060 g/mol. The number of H-pyrrole nitrogens is 1. The van der Waals surface area contributed by atoms with Gasteiger partial charge < -0.3 is 41.0 Å². The lowest BCUT2D eigenvalue weighted by atomic mass is 10.0. The summed E-state index contributed by atoms with van der Waals surface area (Å²) in [6.45, 7) is 3.97. The number of carbonyl (C=O) groups is 2. The molecule has 2 heterocycles. The molecule has 3 aromatic rings. The van der Waals surface area contributed by atoms with Gasteiger partial charge in [-0.3, -0.25) is 32.7 Å². The molecule has 0 radical (unpaired) electrons. The second-order valence-corrected chi connectivity index (χ2v) is 21.3. The third kappa shape index (κ3) is 24.9. The molecule has 0 fully saturated rings. The minimum Gasteiger partial charge on any atom is -0.434 e. The summed E-state index contributed by atoms with van der Waals surface area (Å²) in [6.07, 6.45) is 19.6. The first-order chi connectivity index (χ1) is 33.0. The Labute approximate surface area is 415 Å². The number of hydrogen-bond donors (Lipinski definition) is 5. The predicted octanol–water partition coefficient (Wildman–Crippen LogP) is 11.5. The van der Waals surface area contributed by atoms with Crippen LogP contribution < -0.4 is 33.0 Å². The number of nitrogens with one attached hydrogen (secondary N) is 1. The summed E-state index contributed by atoms with van der Waals surface area (Å²) in [6, 6.07) is 11.5. The van der Waals surface area contributed by atoms with E-state index in [0.29, 0.717) is 24.0 Å². The van der Waals surface area contributed by atoms with E-state index in [9.17, 15) is 42.7 Å². The Morgan fingerprint density at radius 1 is 0.662 bits per heavy atom. The van der Waals surface area contributed by atoms with Gasteiger partial charge >= 0.3 is 41.3 Å². The molecule has 0 saturated heterocycles. The van der Waals surface area contributed by atoms with Crippen LogP contribution in [0, 0.1) is 6.92 Å². The molecule has 2 aromatic carbocycles. The normalized spacial score (nSPS) is 16.7. The highest BCUT2D eigenvalue weighted by Gasteiger charge is 2.44. The number of rotatable bonds is 34. The van der Waals surface area contributed by atoms with Crippen molar-refractivity contribution in [2.75, 3.05) is 13.2 Å². The van der Waals surface area contributed by atoms with Crippen LogP contribution in [-0.4, -0.2) is 50.8 Å².